The van der Waals surface area contributed by atoms with Crippen molar-refractivity contribution in [2.75, 3.05) is 0 Å². The molecule has 2 heterocycles. The Kier molecular flexibility index (Phi) is 4.62. The van der Waals surface area contributed by atoms with Gasteiger partial charge in [0.1, 0.15) is 5.82 Å². The Morgan fingerprint density at radius 2 is 1.90 bits per heavy atom. The van der Waals surface area contributed by atoms with Crippen LogP contribution in [0.3, 0.4) is 0 Å². The van der Waals surface area contributed by atoms with Crippen molar-refractivity contribution < 1.29 is 8.91 Å². The molecule has 7 nitrogen and oxygen atoms in total. The van der Waals surface area contributed by atoms with Crippen molar-refractivity contribution in [3.8, 4) is 22.8 Å². The van der Waals surface area contributed by atoms with Gasteiger partial charge in [0.25, 0.3) is 5.89 Å². The van der Waals surface area contributed by atoms with Gasteiger partial charge in [0, 0.05) is 17.7 Å². The number of aromatic amines is 1. The third kappa shape index (κ3) is 3.49. The number of aromatic nitrogens is 4. The fraction of sp³-hybridized carbons (Fsp3) is 0.238. The van der Waals surface area contributed by atoms with Crippen LogP contribution >= 0.6 is 0 Å². The molecule has 0 unspecified atom stereocenters. The molecule has 0 fully saturated rings. The molecule has 0 aliphatic rings. The van der Waals surface area contributed by atoms with Gasteiger partial charge in [0.15, 0.2) is 0 Å². The second-order valence-electron chi connectivity index (χ2n) is 7.38. The molecule has 0 spiro atoms. The van der Waals surface area contributed by atoms with Gasteiger partial charge in [-0.15, -0.1) is 0 Å². The lowest BCUT2D eigenvalue weighted by Crippen LogP contribution is -2.37. The zero-order valence-electron chi connectivity index (χ0n) is 16.2. The summed E-state index contributed by atoms with van der Waals surface area (Å²) >= 11 is 0. The van der Waals surface area contributed by atoms with Gasteiger partial charge in [0.05, 0.1) is 11.0 Å². The lowest BCUT2D eigenvalue weighted by molar-refractivity contribution is 0.432. The highest BCUT2D eigenvalue weighted by Crippen LogP contribution is 2.25. The van der Waals surface area contributed by atoms with Crippen LogP contribution in [0.5, 0.6) is 0 Å². The fourth-order valence-electron chi connectivity index (χ4n) is 3.15. The second kappa shape index (κ2) is 7.12. The third-order valence-corrected chi connectivity index (χ3v) is 4.63. The number of benzene rings is 2. The Labute approximate surface area is 164 Å². The molecule has 8 heteroatoms. The summed E-state index contributed by atoms with van der Waals surface area (Å²) in [6.45, 7) is 6.06. The third-order valence-electron chi connectivity index (χ3n) is 4.63. The number of halogens is 1. The van der Waals surface area contributed by atoms with Crippen LogP contribution < -0.4 is 11.1 Å². The summed E-state index contributed by atoms with van der Waals surface area (Å²) in [6.07, 6.45) is 0. The first-order valence-corrected chi connectivity index (χ1v) is 9.21. The number of H-pyrrole nitrogens is 1. The van der Waals surface area contributed by atoms with E-state index in [1.54, 1.807) is 37.3 Å². The van der Waals surface area contributed by atoms with Crippen LogP contribution in [0.2, 0.25) is 0 Å². The molecule has 0 saturated carbocycles. The summed E-state index contributed by atoms with van der Waals surface area (Å²) in [6, 6.07) is 9.88. The highest BCUT2D eigenvalue weighted by Gasteiger charge is 2.14. The summed E-state index contributed by atoms with van der Waals surface area (Å²) < 4.78 is 20.6. The predicted molar refractivity (Wildman–Crippen MR) is 107 cm³/mol. The molecule has 0 aliphatic carbocycles. The summed E-state index contributed by atoms with van der Waals surface area (Å²) in [5, 5.41) is 3.96. The van der Waals surface area contributed by atoms with Crippen molar-refractivity contribution in [1.29, 1.82) is 0 Å². The van der Waals surface area contributed by atoms with Crippen LogP contribution in [0.1, 0.15) is 19.4 Å². The van der Waals surface area contributed by atoms with Crippen molar-refractivity contribution >= 4 is 11.0 Å². The van der Waals surface area contributed by atoms with E-state index in [0.717, 1.165) is 0 Å². The van der Waals surface area contributed by atoms with Crippen LogP contribution in [0.25, 0.3) is 33.9 Å². The SMILES string of the molecule is Cc1ccc(-c2nc(-c3ccc4c(c3)[nH]c(=O)c(=O)n4CC(C)C)no2)cc1F. The summed E-state index contributed by atoms with van der Waals surface area (Å²) in [4.78, 5) is 31.2. The van der Waals surface area contributed by atoms with E-state index in [2.05, 4.69) is 15.1 Å². The Hall–Kier alpha value is -3.55. The van der Waals surface area contributed by atoms with Gasteiger partial charge >= 0.3 is 11.1 Å². The van der Waals surface area contributed by atoms with Gasteiger partial charge in [-0.25, -0.2) is 4.39 Å². The van der Waals surface area contributed by atoms with Crippen molar-refractivity contribution in [2.45, 2.75) is 27.3 Å². The van der Waals surface area contributed by atoms with Crippen molar-refractivity contribution in [3.63, 3.8) is 0 Å². The maximum Gasteiger partial charge on any atom is 0.316 e. The Balaban J connectivity index is 1.78. The van der Waals surface area contributed by atoms with Crippen LogP contribution in [0, 0.1) is 18.7 Å². The minimum Gasteiger partial charge on any atom is -0.334 e. The zero-order valence-corrected chi connectivity index (χ0v) is 16.2. The molecule has 0 saturated heterocycles. The first kappa shape index (κ1) is 18.8. The predicted octanol–water partition coefficient (Wildman–Crippen LogP) is 3.51. The Bertz CT molecular complexity index is 1330. The minimum atomic E-state index is -0.681. The molecule has 29 heavy (non-hydrogen) atoms. The van der Waals surface area contributed by atoms with Gasteiger partial charge in [-0.2, -0.15) is 4.98 Å². The fourth-order valence-corrected chi connectivity index (χ4v) is 3.15. The molecule has 0 bridgehead atoms. The molecular weight excluding hydrogens is 375 g/mol. The summed E-state index contributed by atoms with van der Waals surface area (Å²) in [7, 11) is 0. The molecule has 0 radical (unpaired) electrons. The lowest BCUT2D eigenvalue weighted by atomic mass is 10.1. The molecule has 0 amide bonds. The van der Waals surface area contributed by atoms with E-state index in [-0.39, 0.29) is 17.6 Å². The number of rotatable bonds is 4. The number of aryl methyl sites for hydroxylation is 1. The Morgan fingerprint density at radius 1 is 1.14 bits per heavy atom. The Morgan fingerprint density at radius 3 is 2.62 bits per heavy atom. The molecular formula is C21H19FN4O3. The minimum absolute atomic E-state index is 0.192. The maximum atomic E-state index is 13.8. The van der Waals surface area contributed by atoms with E-state index in [9.17, 15) is 14.0 Å². The number of fused-ring (bicyclic) bond motifs is 1. The van der Waals surface area contributed by atoms with Crippen LogP contribution in [-0.4, -0.2) is 19.7 Å². The van der Waals surface area contributed by atoms with Gasteiger partial charge in [-0.05, 0) is 48.7 Å². The zero-order chi connectivity index (χ0) is 20.7. The maximum absolute atomic E-state index is 13.8. The normalized spacial score (nSPS) is 11.5. The highest BCUT2D eigenvalue weighted by molar-refractivity contribution is 5.80. The summed E-state index contributed by atoms with van der Waals surface area (Å²) in [5.74, 6) is 0.336. The number of nitrogens with one attached hydrogen (secondary N) is 1. The van der Waals surface area contributed by atoms with Crippen molar-refractivity contribution in [1.82, 2.24) is 19.7 Å². The summed E-state index contributed by atoms with van der Waals surface area (Å²) in [5.41, 5.74) is 1.47. The van der Waals surface area contributed by atoms with Crippen molar-refractivity contribution in [3.05, 3.63) is 68.5 Å². The molecule has 0 atom stereocenters. The van der Waals surface area contributed by atoms with Gasteiger partial charge in [-0.3, -0.25) is 9.59 Å². The number of hydrogen-bond acceptors (Lipinski definition) is 5. The number of nitrogens with zero attached hydrogens (tertiary/aromatic N) is 3. The van der Waals surface area contributed by atoms with E-state index < -0.39 is 11.1 Å². The molecule has 4 rings (SSSR count). The second-order valence-corrected chi connectivity index (χ2v) is 7.38. The van der Waals surface area contributed by atoms with Crippen LogP contribution in [0.4, 0.5) is 4.39 Å². The van der Waals surface area contributed by atoms with E-state index in [4.69, 9.17) is 4.52 Å². The van der Waals surface area contributed by atoms with Crippen LogP contribution in [-0.2, 0) is 6.54 Å². The van der Waals surface area contributed by atoms with E-state index in [1.165, 1.54) is 10.6 Å². The first-order valence-electron chi connectivity index (χ1n) is 9.21. The standard InChI is InChI=1S/C21H19FN4O3/c1-11(2)10-26-17-7-6-13(9-16(17)23-19(27)21(26)28)18-24-20(29-25-18)14-5-4-12(3)15(22)8-14/h4-9,11H,10H2,1-3H3,(H,23,27). The van der Waals surface area contributed by atoms with Gasteiger partial charge in [-0.1, -0.05) is 25.1 Å². The average Bonchev–Trinajstić information content (AvgIpc) is 3.17. The first-order chi connectivity index (χ1) is 13.8. The van der Waals surface area contributed by atoms with E-state index in [1.807, 2.05) is 13.8 Å². The largest absolute Gasteiger partial charge is 0.334 e. The quantitative estimate of drug-likeness (QED) is 0.535. The molecule has 2 aromatic heterocycles. The van der Waals surface area contributed by atoms with Crippen molar-refractivity contribution in [2.24, 2.45) is 5.92 Å². The molecule has 0 aliphatic heterocycles. The lowest BCUT2D eigenvalue weighted by Gasteiger charge is -2.12. The molecule has 4 aromatic rings. The highest BCUT2D eigenvalue weighted by atomic mass is 19.1. The average molecular weight is 394 g/mol. The smallest absolute Gasteiger partial charge is 0.316 e. The molecule has 1 N–H and O–H groups in total. The van der Waals surface area contributed by atoms with Gasteiger partial charge < -0.3 is 14.1 Å². The topological polar surface area (TPSA) is 93.8 Å². The number of hydrogen-bond donors (Lipinski definition) is 1. The van der Waals surface area contributed by atoms with Gasteiger partial charge in [0.2, 0.25) is 5.82 Å². The van der Waals surface area contributed by atoms with Crippen LogP contribution in [0.15, 0.2) is 50.5 Å². The van der Waals surface area contributed by atoms with E-state index >= 15 is 0 Å². The molecule has 148 valence electrons. The molecule has 2 aromatic carbocycles. The van der Waals surface area contributed by atoms with E-state index in [0.29, 0.717) is 40.1 Å². The monoisotopic (exact) mass is 394 g/mol.